The van der Waals surface area contributed by atoms with E-state index in [1.54, 1.807) is 6.92 Å². The second-order valence-corrected chi connectivity index (χ2v) is 5.82. The SMILES string of the molecule is CC(CC#N)C(=O)OCc1ccc(C(C)(C)C)cc1. The van der Waals surface area contributed by atoms with Crippen molar-refractivity contribution in [3.63, 3.8) is 0 Å². The molecule has 0 aliphatic carbocycles. The van der Waals surface area contributed by atoms with E-state index < -0.39 is 0 Å². The Morgan fingerprint density at radius 3 is 2.37 bits per heavy atom. The van der Waals surface area contributed by atoms with Gasteiger partial charge in [-0.2, -0.15) is 5.26 Å². The van der Waals surface area contributed by atoms with Crippen molar-refractivity contribution < 1.29 is 9.53 Å². The maximum atomic E-state index is 11.6. The lowest BCUT2D eigenvalue weighted by Crippen LogP contribution is -2.14. The van der Waals surface area contributed by atoms with Crippen LogP contribution in [0.1, 0.15) is 45.2 Å². The molecule has 1 aromatic rings. The van der Waals surface area contributed by atoms with Crippen molar-refractivity contribution >= 4 is 5.97 Å². The Balaban J connectivity index is 2.56. The molecule has 0 radical (unpaired) electrons. The van der Waals surface area contributed by atoms with Crippen LogP contribution in [0.5, 0.6) is 0 Å². The Morgan fingerprint density at radius 2 is 1.89 bits per heavy atom. The quantitative estimate of drug-likeness (QED) is 0.776. The van der Waals surface area contributed by atoms with Gasteiger partial charge in [0.1, 0.15) is 6.61 Å². The average molecular weight is 259 g/mol. The summed E-state index contributed by atoms with van der Waals surface area (Å²) in [6.07, 6.45) is 0.196. The van der Waals surface area contributed by atoms with Crippen molar-refractivity contribution in [2.45, 2.75) is 46.1 Å². The van der Waals surface area contributed by atoms with Gasteiger partial charge in [-0.1, -0.05) is 52.0 Å². The zero-order valence-corrected chi connectivity index (χ0v) is 12.1. The van der Waals surface area contributed by atoms with Gasteiger partial charge in [0, 0.05) is 6.42 Å². The molecule has 0 fully saturated rings. The smallest absolute Gasteiger partial charge is 0.310 e. The molecule has 19 heavy (non-hydrogen) atoms. The van der Waals surface area contributed by atoms with E-state index in [2.05, 4.69) is 32.9 Å². The lowest BCUT2D eigenvalue weighted by molar-refractivity contribution is -0.149. The van der Waals surface area contributed by atoms with Gasteiger partial charge >= 0.3 is 5.97 Å². The summed E-state index contributed by atoms with van der Waals surface area (Å²) in [6, 6.07) is 10.0. The monoisotopic (exact) mass is 259 g/mol. The molecule has 3 nitrogen and oxygen atoms in total. The van der Waals surface area contributed by atoms with E-state index in [4.69, 9.17) is 10.00 Å². The van der Waals surface area contributed by atoms with Crippen molar-refractivity contribution in [3.05, 3.63) is 35.4 Å². The predicted octanol–water partition coefficient (Wildman–Crippen LogP) is 3.58. The van der Waals surface area contributed by atoms with E-state index in [1.807, 2.05) is 18.2 Å². The van der Waals surface area contributed by atoms with Crippen LogP contribution in [0, 0.1) is 17.2 Å². The number of benzene rings is 1. The first-order valence-electron chi connectivity index (χ1n) is 6.47. The first-order chi connectivity index (χ1) is 8.84. The van der Waals surface area contributed by atoms with Crippen LogP contribution >= 0.6 is 0 Å². The summed E-state index contributed by atoms with van der Waals surface area (Å²) in [5, 5.41) is 8.52. The number of nitrogens with zero attached hydrogens (tertiary/aromatic N) is 1. The minimum atomic E-state index is -0.362. The van der Waals surface area contributed by atoms with Crippen LogP contribution in [0.2, 0.25) is 0 Å². The first kappa shape index (κ1) is 15.2. The molecule has 3 heteroatoms. The fourth-order valence-corrected chi connectivity index (χ4v) is 1.62. The molecule has 1 rings (SSSR count). The summed E-state index contributed by atoms with van der Waals surface area (Å²) in [5.74, 6) is -0.680. The molecule has 0 amide bonds. The second kappa shape index (κ2) is 6.38. The van der Waals surface area contributed by atoms with E-state index in [1.165, 1.54) is 5.56 Å². The molecular formula is C16H21NO2. The van der Waals surface area contributed by atoms with Gasteiger partial charge in [-0.3, -0.25) is 4.79 Å². The number of hydrogen-bond donors (Lipinski definition) is 0. The van der Waals surface area contributed by atoms with Crippen LogP contribution in [-0.2, 0) is 21.6 Å². The van der Waals surface area contributed by atoms with Gasteiger partial charge in [0.15, 0.2) is 0 Å². The highest BCUT2D eigenvalue weighted by molar-refractivity contribution is 5.72. The topological polar surface area (TPSA) is 50.1 Å². The third kappa shape index (κ3) is 4.75. The highest BCUT2D eigenvalue weighted by Gasteiger charge is 2.15. The fourth-order valence-electron chi connectivity index (χ4n) is 1.62. The van der Waals surface area contributed by atoms with Crippen LogP contribution < -0.4 is 0 Å². The fraction of sp³-hybridized carbons (Fsp3) is 0.500. The number of ether oxygens (including phenoxy) is 1. The summed E-state index contributed by atoms with van der Waals surface area (Å²) in [5.41, 5.74) is 2.34. The van der Waals surface area contributed by atoms with Crippen molar-refractivity contribution in [1.82, 2.24) is 0 Å². The molecule has 0 bridgehead atoms. The third-order valence-electron chi connectivity index (χ3n) is 3.00. The minimum Gasteiger partial charge on any atom is -0.461 e. The van der Waals surface area contributed by atoms with Gasteiger partial charge in [0.2, 0.25) is 0 Å². The molecule has 0 aliphatic rings. The van der Waals surface area contributed by atoms with Crippen molar-refractivity contribution in [1.29, 1.82) is 5.26 Å². The normalized spacial score (nSPS) is 12.6. The number of nitriles is 1. The van der Waals surface area contributed by atoms with E-state index >= 15 is 0 Å². The molecule has 0 aliphatic heterocycles. The van der Waals surface area contributed by atoms with Crippen LogP contribution in [0.15, 0.2) is 24.3 Å². The maximum Gasteiger partial charge on any atom is 0.310 e. The van der Waals surface area contributed by atoms with Crippen molar-refractivity contribution in [3.8, 4) is 6.07 Å². The number of carbonyl (C=O) groups excluding carboxylic acids is 1. The lowest BCUT2D eigenvalue weighted by atomic mass is 9.87. The highest BCUT2D eigenvalue weighted by atomic mass is 16.5. The third-order valence-corrected chi connectivity index (χ3v) is 3.00. The second-order valence-electron chi connectivity index (χ2n) is 5.82. The molecule has 0 saturated heterocycles. The lowest BCUT2D eigenvalue weighted by Gasteiger charge is -2.19. The molecule has 0 spiro atoms. The van der Waals surface area contributed by atoms with Gasteiger partial charge < -0.3 is 4.74 Å². The summed E-state index contributed by atoms with van der Waals surface area (Å²) in [4.78, 5) is 11.6. The largest absolute Gasteiger partial charge is 0.461 e. The van der Waals surface area contributed by atoms with Gasteiger partial charge in [0.25, 0.3) is 0 Å². The van der Waals surface area contributed by atoms with E-state index in [9.17, 15) is 4.79 Å². The Bertz CT molecular complexity index is 463. The van der Waals surface area contributed by atoms with Gasteiger partial charge in [0.05, 0.1) is 12.0 Å². The summed E-state index contributed by atoms with van der Waals surface area (Å²) >= 11 is 0. The van der Waals surface area contributed by atoms with Crippen LogP contribution in [0.4, 0.5) is 0 Å². The van der Waals surface area contributed by atoms with Crippen LogP contribution in [0.3, 0.4) is 0 Å². The standard InChI is InChI=1S/C16H21NO2/c1-12(9-10-17)15(18)19-11-13-5-7-14(8-6-13)16(2,3)4/h5-8,12H,9,11H2,1-4H3. The summed E-state index contributed by atoms with van der Waals surface area (Å²) < 4.78 is 5.18. The number of carbonyl (C=O) groups is 1. The molecule has 0 saturated carbocycles. The number of hydrogen-bond acceptors (Lipinski definition) is 3. The summed E-state index contributed by atoms with van der Waals surface area (Å²) in [7, 11) is 0. The van der Waals surface area contributed by atoms with Crippen molar-refractivity contribution in [2.75, 3.05) is 0 Å². The molecule has 1 atom stereocenters. The van der Waals surface area contributed by atoms with Crippen LogP contribution in [0.25, 0.3) is 0 Å². The maximum absolute atomic E-state index is 11.6. The molecule has 1 unspecified atom stereocenters. The Kier molecular flexibility index (Phi) is 5.11. The first-order valence-corrected chi connectivity index (χ1v) is 6.47. The molecule has 102 valence electrons. The van der Waals surface area contributed by atoms with Crippen LogP contribution in [-0.4, -0.2) is 5.97 Å². The van der Waals surface area contributed by atoms with Gasteiger partial charge in [-0.05, 0) is 16.5 Å². The Morgan fingerprint density at radius 1 is 1.32 bits per heavy atom. The molecule has 0 aromatic heterocycles. The Hall–Kier alpha value is -1.82. The van der Waals surface area contributed by atoms with Crippen molar-refractivity contribution in [2.24, 2.45) is 5.92 Å². The van der Waals surface area contributed by atoms with E-state index in [0.29, 0.717) is 0 Å². The highest BCUT2D eigenvalue weighted by Crippen LogP contribution is 2.22. The molecule has 0 heterocycles. The molecule has 0 N–H and O–H groups in total. The molecular weight excluding hydrogens is 238 g/mol. The minimum absolute atomic E-state index is 0.122. The van der Waals surface area contributed by atoms with Gasteiger partial charge in [-0.25, -0.2) is 0 Å². The zero-order valence-electron chi connectivity index (χ0n) is 12.1. The average Bonchev–Trinajstić information content (AvgIpc) is 2.35. The molecule has 1 aromatic carbocycles. The van der Waals surface area contributed by atoms with Gasteiger partial charge in [-0.15, -0.1) is 0 Å². The Labute approximate surface area is 115 Å². The number of rotatable bonds is 4. The number of esters is 1. The van der Waals surface area contributed by atoms with E-state index in [0.717, 1.165) is 5.56 Å². The zero-order chi connectivity index (χ0) is 14.5. The predicted molar refractivity (Wildman–Crippen MR) is 74.3 cm³/mol. The van der Waals surface area contributed by atoms with E-state index in [-0.39, 0.29) is 30.3 Å². The summed E-state index contributed by atoms with van der Waals surface area (Å²) in [6.45, 7) is 8.44.